The van der Waals surface area contributed by atoms with Crippen molar-refractivity contribution in [2.45, 2.75) is 26.5 Å². The van der Waals surface area contributed by atoms with Crippen LogP contribution in [0.15, 0.2) is 23.3 Å². The Hall–Kier alpha value is -2.48. The number of H-pyrrole nitrogens is 1. The van der Waals surface area contributed by atoms with E-state index in [1.54, 1.807) is 28.9 Å². The number of nitrogens with zero attached hydrogens (tertiary/aromatic N) is 4. The van der Waals surface area contributed by atoms with E-state index in [0.717, 1.165) is 6.54 Å². The first-order valence-corrected chi connectivity index (χ1v) is 7.58. The Bertz CT molecular complexity index is 766. The molecule has 1 aliphatic heterocycles. The minimum Gasteiger partial charge on any atom is -0.368 e. The van der Waals surface area contributed by atoms with Gasteiger partial charge in [0, 0.05) is 25.4 Å². The quantitative estimate of drug-likeness (QED) is 0.890. The first kappa shape index (κ1) is 15.4. The maximum absolute atomic E-state index is 12.6. The van der Waals surface area contributed by atoms with E-state index in [2.05, 4.69) is 15.1 Å². The van der Waals surface area contributed by atoms with Crippen LogP contribution in [0.1, 0.15) is 34.9 Å². The molecule has 1 atom stereocenters. The zero-order valence-corrected chi connectivity index (χ0v) is 13.2. The van der Waals surface area contributed by atoms with Crippen LogP contribution in [-0.4, -0.2) is 50.3 Å². The summed E-state index contributed by atoms with van der Waals surface area (Å²) in [6.07, 6.45) is 2.92. The summed E-state index contributed by atoms with van der Waals surface area (Å²) < 4.78 is 7.40. The van der Waals surface area contributed by atoms with Crippen LogP contribution in [0.4, 0.5) is 0 Å². The van der Waals surface area contributed by atoms with Crippen LogP contribution in [-0.2, 0) is 11.3 Å². The summed E-state index contributed by atoms with van der Waals surface area (Å²) in [5.74, 6) is 0.448. The maximum atomic E-state index is 12.6. The topological polar surface area (TPSA) is 93.1 Å². The van der Waals surface area contributed by atoms with Crippen LogP contribution in [0.3, 0.4) is 0 Å². The van der Waals surface area contributed by atoms with E-state index in [9.17, 15) is 9.59 Å². The van der Waals surface area contributed by atoms with E-state index in [-0.39, 0.29) is 11.5 Å². The van der Waals surface area contributed by atoms with Gasteiger partial charge in [-0.3, -0.25) is 14.3 Å². The predicted molar refractivity (Wildman–Crippen MR) is 82.1 cm³/mol. The molecule has 8 heteroatoms. The minimum absolute atomic E-state index is 0.0837. The SMILES string of the molecule is CCn1cc(C(=O)N2CCO[C@H](c3cc(=O)[nH]c(C)n3)C2)cn1. The van der Waals surface area contributed by atoms with Crippen LogP contribution < -0.4 is 5.56 Å². The molecule has 3 heterocycles. The number of aryl methyl sites for hydroxylation is 2. The van der Waals surface area contributed by atoms with E-state index in [0.29, 0.717) is 36.8 Å². The molecule has 8 nitrogen and oxygen atoms in total. The van der Waals surface area contributed by atoms with Gasteiger partial charge in [0.05, 0.1) is 30.6 Å². The molecule has 23 heavy (non-hydrogen) atoms. The number of carbonyl (C=O) groups is 1. The molecule has 1 amide bonds. The number of carbonyl (C=O) groups excluding carboxylic acids is 1. The zero-order chi connectivity index (χ0) is 16.4. The van der Waals surface area contributed by atoms with Gasteiger partial charge in [-0.15, -0.1) is 0 Å². The number of amides is 1. The molecular weight excluding hydrogens is 298 g/mol. The first-order chi connectivity index (χ1) is 11.1. The Morgan fingerprint density at radius 2 is 2.35 bits per heavy atom. The lowest BCUT2D eigenvalue weighted by Gasteiger charge is -2.32. The Labute approximate surface area is 133 Å². The molecule has 1 aliphatic rings. The number of aromatic nitrogens is 4. The molecule has 0 spiro atoms. The summed E-state index contributed by atoms with van der Waals surface area (Å²) in [5, 5.41) is 4.13. The van der Waals surface area contributed by atoms with E-state index in [1.807, 2.05) is 6.92 Å². The van der Waals surface area contributed by atoms with Crippen LogP contribution >= 0.6 is 0 Å². The lowest BCUT2D eigenvalue weighted by Crippen LogP contribution is -2.42. The fourth-order valence-electron chi connectivity index (χ4n) is 2.61. The maximum Gasteiger partial charge on any atom is 0.257 e. The fourth-order valence-corrected chi connectivity index (χ4v) is 2.61. The predicted octanol–water partition coefficient (Wildman–Crippen LogP) is 0.508. The molecule has 1 fully saturated rings. The van der Waals surface area contributed by atoms with Crippen molar-refractivity contribution >= 4 is 5.91 Å². The molecule has 0 unspecified atom stereocenters. The highest BCUT2D eigenvalue weighted by atomic mass is 16.5. The second-order valence-electron chi connectivity index (χ2n) is 5.45. The van der Waals surface area contributed by atoms with Gasteiger partial charge in [0.25, 0.3) is 11.5 Å². The van der Waals surface area contributed by atoms with Crippen molar-refractivity contribution in [2.24, 2.45) is 0 Å². The highest BCUT2D eigenvalue weighted by Gasteiger charge is 2.28. The molecule has 0 aliphatic carbocycles. The van der Waals surface area contributed by atoms with Crippen molar-refractivity contribution in [1.29, 1.82) is 0 Å². The van der Waals surface area contributed by atoms with Gasteiger partial charge in [-0.1, -0.05) is 0 Å². The average molecular weight is 317 g/mol. The van der Waals surface area contributed by atoms with E-state index in [4.69, 9.17) is 4.74 Å². The normalized spacial score (nSPS) is 18.2. The van der Waals surface area contributed by atoms with Gasteiger partial charge in [-0.05, 0) is 13.8 Å². The van der Waals surface area contributed by atoms with Gasteiger partial charge in [-0.25, -0.2) is 4.98 Å². The van der Waals surface area contributed by atoms with Crippen LogP contribution in [0.2, 0.25) is 0 Å². The standard InChI is InChI=1S/C15H19N5O3/c1-3-20-8-11(7-16-20)15(22)19-4-5-23-13(9-19)12-6-14(21)18-10(2)17-12/h6-8,13H,3-5,9H2,1-2H3,(H,17,18,21)/t13-/m0/s1. The van der Waals surface area contributed by atoms with E-state index < -0.39 is 6.10 Å². The third-order valence-electron chi connectivity index (χ3n) is 3.77. The van der Waals surface area contributed by atoms with Gasteiger partial charge < -0.3 is 14.6 Å². The molecule has 1 N–H and O–H groups in total. The third kappa shape index (κ3) is 3.31. The van der Waals surface area contributed by atoms with E-state index >= 15 is 0 Å². The lowest BCUT2D eigenvalue weighted by molar-refractivity contribution is -0.0249. The number of hydrogen-bond acceptors (Lipinski definition) is 5. The highest BCUT2D eigenvalue weighted by Crippen LogP contribution is 2.21. The van der Waals surface area contributed by atoms with Gasteiger partial charge >= 0.3 is 0 Å². The molecule has 1 saturated heterocycles. The van der Waals surface area contributed by atoms with Crippen LogP contribution in [0.5, 0.6) is 0 Å². The summed E-state index contributed by atoms with van der Waals surface area (Å²) in [5.41, 5.74) is 0.888. The Balaban J connectivity index is 1.77. The van der Waals surface area contributed by atoms with Crippen molar-refractivity contribution in [3.05, 3.63) is 45.9 Å². The second-order valence-corrected chi connectivity index (χ2v) is 5.45. The lowest BCUT2D eigenvalue weighted by atomic mass is 10.1. The number of nitrogens with one attached hydrogen (secondary N) is 1. The summed E-state index contributed by atoms with van der Waals surface area (Å²) in [6.45, 7) is 5.68. The number of hydrogen-bond donors (Lipinski definition) is 1. The number of rotatable bonds is 3. The summed E-state index contributed by atoms with van der Waals surface area (Å²) in [6, 6.07) is 1.42. The van der Waals surface area contributed by atoms with Gasteiger partial charge in [0.2, 0.25) is 0 Å². The summed E-state index contributed by atoms with van der Waals surface area (Å²) in [4.78, 5) is 32.8. The number of aromatic amines is 1. The van der Waals surface area contributed by atoms with Gasteiger partial charge in [0.1, 0.15) is 11.9 Å². The van der Waals surface area contributed by atoms with Crippen molar-refractivity contribution in [3.8, 4) is 0 Å². The Morgan fingerprint density at radius 3 is 3.04 bits per heavy atom. The molecular formula is C15H19N5O3. The van der Waals surface area contributed by atoms with Crippen LogP contribution in [0, 0.1) is 6.92 Å². The minimum atomic E-state index is -0.394. The number of morpholine rings is 1. The molecule has 3 rings (SSSR count). The Kier molecular flexibility index (Phi) is 4.24. The van der Waals surface area contributed by atoms with Gasteiger partial charge in [-0.2, -0.15) is 5.10 Å². The molecule has 122 valence electrons. The van der Waals surface area contributed by atoms with Crippen molar-refractivity contribution < 1.29 is 9.53 Å². The molecule has 0 radical (unpaired) electrons. The van der Waals surface area contributed by atoms with Gasteiger partial charge in [0.15, 0.2) is 0 Å². The van der Waals surface area contributed by atoms with Crippen molar-refractivity contribution in [1.82, 2.24) is 24.6 Å². The fraction of sp³-hybridized carbons (Fsp3) is 0.467. The van der Waals surface area contributed by atoms with Crippen LogP contribution in [0.25, 0.3) is 0 Å². The van der Waals surface area contributed by atoms with Crippen molar-refractivity contribution in [3.63, 3.8) is 0 Å². The number of ether oxygens (including phenoxy) is 1. The average Bonchev–Trinajstić information content (AvgIpc) is 3.02. The smallest absolute Gasteiger partial charge is 0.257 e. The monoisotopic (exact) mass is 317 g/mol. The zero-order valence-electron chi connectivity index (χ0n) is 13.2. The summed E-state index contributed by atoms with van der Waals surface area (Å²) >= 11 is 0. The largest absolute Gasteiger partial charge is 0.368 e. The third-order valence-corrected chi connectivity index (χ3v) is 3.77. The molecule has 0 aromatic carbocycles. The molecule has 2 aromatic rings. The first-order valence-electron chi connectivity index (χ1n) is 7.58. The molecule has 2 aromatic heterocycles. The van der Waals surface area contributed by atoms with Crippen molar-refractivity contribution in [2.75, 3.05) is 19.7 Å². The highest BCUT2D eigenvalue weighted by molar-refractivity contribution is 5.93. The molecule has 0 bridgehead atoms. The summed E-state index contributed by atoms with van der Waals surface area (Å²) in [7, 11) is 0. The molecule has 0 saturated carbocycles. The van der Waals surface area contributed by atoms with E-state index in [1.165, 1.54) is 6.07 Å². The second kappa shape index (κ2) is 6.33. The Morgan fingerprint density at radius 1 is 1.52 bits per heavy atom.